The molecule has 1 heterocycles. The first kappa shape index (κ1) is 21.6. The summed E-state index contributed by atoms with van der Waals surface area (Å²) in [5, 5.41) is 10.1. The molecule has 0 atom stereocenters. The SMILES string of the molecule is CN(C)c1ccc(-c2ccc(-c3sc4c(c3C(=O)O)CC(C)(C)CC4)c(CN)c2)cc1. The first-order valence-electron chi connectivity index (χ1n) is 10.7. The van der Waals surface area contributed by atoms with Crippen molar-refractivity contribution in [2.24, 2.45) is 11.1 Å². The molecule has 3 N–H and O–H groups in total. The fraction of sp³-hybridized carbons (Fsp3) is 0.346. The molecule has 0 saturated heterocycles. The number of nitrogens with zero attached hydrogens (tertiary/aromatic N) is 1. The van der Waals surface area contributed by atoms with Crippen LogP contribution in [0.4, 0.5) is 5.69 Å². The molecule has 0 unspecified atom stereocenters. The molecule has 1 aliphatic rings. The number of fused-ring (bicyclic) bond motifs is 1. The minimum Gasteiger partial charge on any atom is -0.478 e. The third kappa shape index (κ3) is 4.12. The molecule has 1 aromatic heterocycles. The van der Waals surface area contributed by atoms with Gasteiger partial charge in [-0.15, -0.1) is 11.3 Å². The Morgan fingerprint density at radius 3 is 2.42 bits per heavy atom. The molecule has 31 heavy (non-hydrogen) atoms. The average Bonchev–Trinajstić information content (AvgIpc) is 3.10. The molecule has 0 saturated carbocycles. The Morgan fingerprint density at radius 2 is 1.81 bits per heavy atom. The molecular formula is C26H30N2O2S. The highest BCUT2D eigenvalue weighted by atomic mass is 32.1. The van der Waals surface area contributed by atoms with Gasteiger partial charge in [0.25, 0.3) is 0 Å². The second-order valence-electron chi connectivity index (χ2n) is 9.37. The van der Waals surface area contributed by atoms with E-state index in [9.17, 15) is 9.90 Å². The molecule has 1 aliphatic carbocycles. The molecule has 0 amide bonds. The minimum absolute atomic E-state index is 0.134. The Kier molecular flexibility index (Phi) is 5.67. The minimum atomic E-state index is -0.837. The van der Waals surface area contributed by atoms with E-state index in [1.807, 2.05) is 20.2 Å². The van der Waals surface area contributed by atoms with Crippen LogP contribution in [-0.2, 0) is 19.4 Å². The van der Waals surface area contributed by atoms with Gasteiger partial charge in [-0.05, 0) is 70.7 Å². The zero-order valence-electron chi connectivity index (χ0n) is 18.7. The van der Waals surface area contributed by atoms with Crippen LogP contribution < -0.4 is 10.6 Å². The van der Waals surface area contributed by atoms with Gasteiger partial charge in [-0.25, -0.2) is 4.79 Å². The number of carboxylic acid groups (broad SMARTS) is 1. The first-order valence-corrected chi connectivity index (χ1v) is 11.5. The molecule has 162 valence electrons. The van der Waals surface area contributed by atoms with Crippen molar-refractivity contribution in [1.29, 1.82) is 0 Å². The smallest absolute Gasteiger partial charge is 0.337 e. The van der Waals surface area contributed by atoms with Crippen molar-refractivity contribution in [1.82, 2.24) is 0 Å². The van der Waals surface area contributed by atoms with E-state index >= 15 is 0 Å². The summed E-state index contributed by atoms with van der Waals surface area (Å²) in [5.41, 5.74) is 13.1. The molecular weight excluding hydrogens is 404 g/mol. The van der Waals surface area contributed by atoms with Gasteiger partial charge in [-0.3, -0.25) is 0 Å². The lowest BCUT2D eigenvalue weighted by atomic mass is 9.76. The monoisotopic (exact) mass is 434 g/mol. The van der Waals surface area contributed by atoms with Crippen LogP contribution >= 0.6 is 11.3 Å². The lowest BCUT2D eigenvalue weighted by molar-refractivity contribution is 0.0696. The lowest BCUT2D eigenvalue weighted by Crippen LogP contribution is -2.22. The van der Waals surface area contributed by atoms with Gasteiger partial charge in [-0.2, -0.15) is 0 Å². The van der Waals surface area contributed by atoms with Crippen LogP contribution in [0.2, 0.25) is 0 Å². The van der Waals surface area contributed by atoms with E-state index in [4.69, 9.17) is 5.73 Å². The fourth-order valence-electron chi connectivity index (χ4n) is 4.45. The number of hydrogen-bond donors (Lipinski definition) is 2. The molecule has 4 nitrogen and oxygen atoms in total. The Hall–Kier alpha value is -2.63. The number of carboxylic acids is 1. The summed E-state index contributed by atoms with van der Waals surface area (Å²) in [6.07, 6.45) is 2.85. The maximum Gasteiger partial charge on any atom is 0.337 e. The van der Waals surface area contributed by atoms with Gasteiger partial charge < -0.3 is 15.7 Å². The number of hydrogen-bond acceptors (Lipinski definition) is 4. The van der Waals surface area contributed by atoms with E-state index < -0.39 is 5.97 Å². The van der Waals surface area contributed by atoms with Crippen LogP contribution in [-0.4, -0.2) is 25.2 Å². The van der Waals surface area contributed by atoms with E-state index in [1.165, 1.54) is 4.88 Å². The Bertz CT molecular complexity index is 1130. The van der Waals surface area contributed by atoms with Gasteiger partial charge in [0.1, 0.15) is 0 Å². The third-order valence-electron chi connectivity index (χ3n) is 6.28. The molecule has 0 aliphatic heterocycles. The van der Waals surface area contributed by atoms with Crippen molar-refractivity contribution in [3.05, 3.63) is 64.0 Å². The molecule has 2 aromatic carbocycles. The van der Waals surface area contributed by atoms with Crippen LogP contribution in [0.1, 0.15) is 46.6 Å². The van der Waals surface area contributed by atoms with E-state index in [0.717, 1.165) is 57.6 Å². The summed E-state index contributed by atoms with van der Waals surface area (Å²) >= 11 is 1.64. The number of benzene rings is 2. The molecule has 5 heteroatoms. The van der Waals surface area contributed by atoms with Gasteiger partial charge in [0.15, 0.2) is 0 Å². The highest BCUT2D eigenvalue weighted by molar-refractivity contribution is 7.16. The van der Waals surface area contributed by atoms with Gasteiger partial charge >= 0.3 is 5.97 Å². The maximum atomic E-state index is 12.3. The Morgan fingerprint density at radius 1 is 1.13 bits per heavy atom. The van der Waals surface area contributed by atoms with Crippen LogP contribution in [0.5, 0.6) is 0 Å². The summed E-state index contributed by atoms with van der Waals surface area (Å²) < 4.78 is 0. The van der Waals surface area contributed by atoms with Gasteiger partial charge in [-0.1, -0.05) is 38.1 Å². The Labute approximate surface area is 188 Å². The number of anilines is 1. The molecule has 0 fully saturated rings. The second kappa shape index (κ2) is 8.13. The van der Waals surface area contributed by atoms with Crippen LogP contribution in [0.25, 0.3) is 21.6 Å². The van der Waals surface area contributed by atoms with Crippen LogP contribution in [0.3, 0.4) is 0 Å². The number of rotatable bonds is 5. The second-order valence-corrected chi connectivity index (χ2v) is 10.5. The fourth-order valence-corrected chi connectivity index (χ4v) is 5.82. The van der Waals surface area contributed by atoms with Gasteiger partial charge in [0.2, 0.25) is 0 Å². The summed E-state index contributed by atoms with van der Waals surface area (Å²) in [4.78, 5) is 16.4. The summed E-state index contributed by atoms with van der Waals surface area (Å²) in [6.45, 7) is 4.81. The molecule has 4 rings (SSSR count). The summed E-state index contributed by atoms with van der Waals surface area (Å²) in [7, 11) is 4.05. The highest BCUT2D eigenvalue weighted by Crippen LogP contribution is 2.46. The Balaban J connectivity index is 1.79. The summed E-state index contributed by atoms with van der Waals surface area (Å²) in [5.74, 6) is -0.837. The van der Waals surface area contributed by atoms with Gasteiger partial charge in [0, 0.05) is 36.1 Å². The standard InChI is InChI=1S/C26H30N2O2S/c1-26(2)12-11-22-21(14-26)23(25(29)30)24(31-22)20-10-7-17(13-18(20)15-27)16-5-8-19(9-6-16)28(3)4/h5-10,13H,11-12,14-15,27H2,1-4H3,(H,29,30). The maximum absolute atomic E-state index is 12.3. The van der Waals surface area contributed by atoms with E-state index in [-0.39, 0.29) is 5.41 Å². The zero-order valence-corrected chi connectivity index (χ0v) is 19.5. The highest BCUT2D eigenvalue weighted by Gasteiger charge is 2.33. The predicted octanol–water partition coefficient (Wildman–Crippen LogP) is 5.82. The largest absolute Gasteiger partial charge is 0.478 e. The predicted molar refractivity (Wildman–Crippen MR) is 130 cm³/mol. The number of nitrogens with two attached hydrogens (primary N) is 1. The zero-order chi connectivity index (χ0) is 22.3. The number of thiophene rings is 1. The first-order chi connectivity index (χ1) is 14.7. The average molecular weight is 435 g/mol. The summed E-state index contributed by atoms with van der Waals surface area (Å²) in [6, 6.07) is 14.7. The number of aromatic carboxylic acids is 1. The van der Waals surface area contributed by atoms with Crippen LogP contribution in [0.15, 0.2) is 42.5 Å². The topological polar surface area (TPSA) is 66.6 Å². The molecule has 3 aromatic rings. The molecule has 0 bridgehead atoms. The van der Waals surface area contributed by atoms with Crippen molar-refractivity contribution in [3.8, 4) is 21.6 Å². The third-order valence-corrected chi connectivity index (χ3v) is 7.60. The van der Waals surface area contributed by atoms with Crippen molar-refractivity contribution in [2.45, 2.75) is 39.7 Å². The van der Waals surface area contributed by atoms with Gasteiger partial charge in [0.05, 0.1) is 5.56 Å². The van der Waals surface area contributed by atoms with Crippen molar-refractivity contribution in [2.75, 3.05) is 19.0 Å². The van der Waals surface area contributed by atoms with E-state index in [2.05, 4.69) is 55.1 Å². The normalized spacial score (nSPS) is 14.9. The van der Waals surface area contributed by atoms with Crippen LogP contribution in [0, 0.1) is 5.41 Å². The van der Waals surface area contributed by atoms with Crippen molar-refractivity contribution < 1.29 is 9.90 Å². The van der Waals surface area contributed by atoms with Crippen molar-refractivity contribution in [3.63, 3.8) is 0 Å². The lowest BCUT2D eigenvalue weighted by Gasteiger charge is -2.29. The quantitative estimate of drug-likeness (QED) is 0.531. The molecule has 0 spiro atoms. The molecule has 0 radical (unpaired) electrons. The number of carbonyl (C=O) groups is 1. The van der Waals surface area contributed by atoms with E-state index in [1.54, 1.807) is 11.3 Å². The van der Waals surface area contributed by atoms with Crippen molar-refractivity contribution >= 4 is 23.0 Å². The van der Waals surface area contributed by atoms with E-state index in [0.29, 0.717) is 12.1 Å². The number of aryl methyl sites for hydroxylation is 1.